The van der Waals surface area contributed by atoms with E-state index >= 15 is 0 Å². The van der Waals surface area contributed by atoms with Gasteiger partial charge in [-0.1, -0.05) is 6.92 Å². The van der Waals surface area contributed by atoms with E-state index in [-0.39, 0.29) is 29.8 Å². The number of hydrogen-bond acceptors (Lipinski definition) is 5. The number of carbonyl (C=O) groups is 2. The van der Waals surface area contributed by atoms with E-state index in [4.69, 9.17) is 0 Å². The highest BCUT2D eigenvalue weighted by Crippen LogP contribution is 2.39. The van der Waals surface area contributed by atoms with Crippen LogP contribution in [0.1, 0.15) is 49.7 Å². The van der Waals surface area contributed by atoms with E-state index in [1.54, 1.807) is 11.3 Å². The molecule has 6 nitrogen and oxygen atoms in total. The summed E-state index contributed by atoms with van der Waals surface area (Å²) in [5.41, 5.74) is 0.920. The maximum Gasteiger partial charge on any atom is 0.243 e. The Kier molecular flexibility index (Phi) is 5.27. The van der Waals surface area contributed by atoms with Crippen LogP contribution in [0.25, 0.3) is 0 Å². The first-order valence-electron chi connectivity index (χ1n) is 9.90. The smallest absolute Gasteiger partial charge is 0.243 e. The van der Waals surface area contributed by atoms with E-state index < -0.39 is 0 Å². The second-order valence-electron chi connectivity index (χ2n) is 7.82. The van der Waals surface area contributed by atoms with Crippen LogP contribution in [0.5, 0.6) is 0 Å². The van der Waals surface area contributed by atoms with Gasteiger partial charge in [0.25, 0.3) is 0 Å². The van der Waals surface area contributed by atoms with Crippen molar-refractivity contribution in [3.8, 4) is 0 Å². The summed E-state index contributed by atoms with van der Waals surface area (Å²) >= 11 is 1.66. The van der Waals surface area contributed by atoms with Crippen LogP contribution >= 0.6 is 11.3 Å². The third kappa shape index (κ3) is 3.39. The largest absolute Gasteiger partial charge is 0.349 e. The van der Waals surface area contributed by atoms with Gasteiger partial charge in [0.2, 0.25) is 11.8 Å². The van der Waals surface area contributed by atoms with Crippen LogP contribution in [0.3, 0.4) is 0 Å². The predicted octanol–water partition coefficient (Wildman–Crippen LogP) is 1.70. The first-order chi connectivity index (χ1) is 12.7. The number of carbonyl (C=O) groups excluding carboxylic acids is 2. The molecule has 0 radical (unpaired) electrons. The number of nitrogens with zero attached hydrogens (tertiary/aromatic N) is 2. The fraction of sp³-hybridized carbons (Fsp3) is 0.737. The fourth-order valence-electron chi connectivity index (χ4n) is 4.89. The molecule has 3 fully saturated rings. The Balaban J connectivity index is 1.46. The first-order valence-corrected chi connectivity index (χ1v) is 10.8. The zero-order valence-electron chi connectivity index (χ0n) is 15.4. The predicted molar refractivity (Wildman–Crippen MR) is 101 cm³/mol. The normalized spacial score (nSPS) is 30.8. The molecule has 1 aromatic heterocycles. The highest BCUT2D eigenvalue weighted by Gasteiger charge is 2.50. The molecule has 0 saturated carbocycles. The lowest BCUT2D eigenvalue weighted by molar-refractivity contribution is -0.157. The lowest BCUT2D eigenvalue weighted by Gasteiger charge is -2.53. The molecular formula is C19H28N4O2S. The zero-order chi connectivity index (χ0) is 18.1. The third-order valence-electron chi connectivity index (χ3n) is 6.02. The van der Waals surface area contributed by atoms with Crippen molar-refractivity contribution in [2.24, 2.45) is 11.8 Å². The fourth-order valence-corrected chi connectivity index (χ4v) is 5.79. The van der Waals surface area contributed by atoms with Crippen LogP contribution in [-0.4, -0.2) is 46.9 Å². The molecule has 4 heterocycles. The van der Waals surface area contributed by atoms with Gasteiger partial charge in [-0.05, 0) is 44.6 Å². The van der Waals surface area contributed by atoms with E-state index in [1.807, 2.05) is 10.3 Å². The third-order valence-corrected chi connectivity index (χ3v) is 6.98. The van der Waals surface area contributed by atoms with Gasteiger partial charge in [0.1, 0.15) is 6.04 Å². The molecule has 26 heavy (non-hydrogen) atoms. The van der Waals surface area contributed by atoms with Crippen molar-refractivity contribution in [3.63, 3.8) is 0 Å². The van der Waals surface area contributed by atoms with E-state index in [0.717, 1.165) is 55.9 Å². The van der Waals surface area contributed by atoms with Gasteiger partial charge >= 0.3 is 0 Å². The Labute approximate surface area is 158 Å². The van der Waals surface area contributed by atoms with E-state index in [9.17, 15) is 9.59 Å². The van der Waals surface area contributed by atoms with E-state index in [0.29, 0.717) is 18.9 Å². The van der Waals surface area contributed by atoms with Gasteiger partial charge in [0, 0.05) is 30.3 Å². The van der Waals surface area contributed by atoms with Crippen LogP contribution < -0.4 is 10.6 Å². The minimum absolute atomic E-state index is 0.0116. The summed E-state index contributed by atoms with van der Waals surface area (Å²) < 4.78 is 0. The average Bonchev–Trinajstić information content (AvgIpc) is 3.09. The molecule has 0 unspecified atom stereocenters. The second kappa shape index (κ2) is 7.64. The van der Waals surface area contributed by atoms with Gasteiger partial charge in [0.15, 0.2) is 0 Å². The van der Waals surface area contributed by atoms with Gasteiger partial charge in [-0.15, -0.1) is 11.3 Å². The van der Waals surface area contributed by atoms with Gasteiger partial charge in [-0.3, -0.25) is 9.59 Å². The monoisotopic (exact) mass is 376 g/mol. The summed E-state index contributed by atoms with van der Waals surface area (Å²) in [6.45, 7) is 4.38. The second-order valence-corrected chi connectivity index (χ2v) is 8.76. The lowest BCUT2D eigenvalue weighted by Crippen LogP contribution is -2.67. The molecule has 4 rings (SSSR count). The molecule has 0 aliphatic carbocycles. The van der Waals surface area contributed by atoms with Crippen LogP contribution in [-0.2, 0) is 22.6 Å². The number of rotatable bonds is 5. The quantitative estimate of drug-likeness (QED) is 0.820. The van der Waals surface area contributed by atoms with Crippen molar-refractivity contribution in [1.82, 2.24) is 20.5 Å². The molecule has 0 aromatic carbocycles. The maximum atomic E-state index is 13.0. The standard InChI is InChI=1S/C19H28N4O2S/c1-2-4-16-22-14(11-26-16)10-21-19(25)18-13-7-12(8-20-9-13)15-5-3-6-17(24)23(15)18/h11-13,15,18,20H,2-10H2,1H3,(H,21,25)/t12-,13+,15+,18-/m1/s1. The van der Waals surface area contributed by atoms with Crippen molar-refractivity contribution in [1.29, 1.82) is 0 Å². The van der Waals surface area contributed by atoms with Gasteiger partial charge < -0.3 is 15.5 Å². The van der Waals surface area contributed by atoms with E-state index in [1.165, 1.54) is 0 Å². The lowest BCUT2D eigenvalue weighted by atomic mass is 9.72. The van der Waals surface area contributed by atoms with Crippen LogP contribution in [0, 0.1) is 11.8 Å². The molecule has 142 valence electrons. The molecular weight excluding hydrogens is 348 g/mol. The van der Waals surface area contributed by atoms with E-state index in [2.05, 4.69) is 22.5 Å². The Morgan fingerprint density at radius 1 is 1.42 bits per heavy atom. The topological polar surface area (TPSA) is 74.3 Å². The Morgan fingerprint density at radius 2 is 2.27 bits per heavy atom. The van der Waals surface area contributed by atoms with Gasteiger partial charge in [0.05, 0.1) is 17.2 Å². The molecule has 3 aliphatic heterocycles. The van der Waals surface area contributed by atoms with Crippen molar-refractivity contribution < 1.29 is 9.59 Å². The Morgan fingerprint density at radius 3 is 3.12 bits per heavy atom. The van der Waals surface area contributed by atoms with Crippen LogP contribution in [0.4, 0.5) is 0 Å². The van der Waals surface area contributed by atoms with Crippen LogP contribution in [0.15, 0.2) is 5.38 Å². The van der Waals surface area contributed by atoms with Crippen LogP contribution in [0.2, 0.25) is 0 Å². The molecule has 4 atom stereocenters. The summed E-state index contributed by atoms with van der Waals surface area (Å²) in [5.74, 6) is 0.870. The average molecular weight is 377 g/mol. The molecule has 2 amide bonds. The number of aryl methyl sites for hydroxylation is 1. The molecule has 2 N–H and O–H groups in total. The number of thiazole rings is 1. The highest BCUT2D eigenvalue weighted by atomic mass is 32.1. The van der Waals surface area contributed by atoms with Crippen molar-refractivity contribution in [2.45, 2.75) is 64.1 Å². The molecule has 1 aromatic rings. The Hall–Kier alpha value is -1.47. The molecule has 3 aliphatic rings. The maximum absolute atomic E-state index is 13.0. The van der Waals surface area contributed by atoms with Gasteiger partial charge in [-0.2, -0.15) is 0 Å². The number of aromatic nitrogens is 1. The number of piperidine rings is 3. The molecule has 7 heteroatoms. The first kappa shape index (κ1) is 17.9. The Bertz CT molecular complexity index is 676. The number of nitrogens with one attached hydrogen (secondary N) is 2. The van der Waals surface area contributed by atoms with Crippen molar-refractivity contribution in [3.05, 3.63) is 16.1 Å². The zero-order valence-corrected chi connectivity index (χ0v) is 16.2. The SMILES string of the molecule is CCCc1nc(CNC(=O)[C@H]2[C@@H]3CNC[C@@H](C3)[C@@H]3CCCC(=O)N32)cs1. The minimum Gasteiger partial charge on any atom is -0.349 e. The van der Waals surface area contributed by atoms with Crippen molar-refractivity contribution in [2.75, 3.05) is 13.1 Å². The summed E-state index contributed by atoms with van der Waals surface area (Å²) in [7, 11) is 0. The minimum atomic E-state index is -0.328. The number of fused-ring (bicyclic) bond motifs is 4. The highest BCUT2D eigenvalue weighted by molar-refractivity contribution is 7.09. The molecule has 3 saturated heterocycles. The summed E-state index contributed by atoms with van der Waals surface area (Å²) in [6.07, 6.45) is 5.68. The van der Waals surface area contributed by atoms with Gasteiger partial charge in [-0.25, -0.2) is 4.98 Å². The number of hydrogen-bond donors (Lipinski definition) is 2. The molecule has 0 spiro atoms. The summed E-state index contributed by atoms with van der Waals surface area (Å²) in [6, 6.07) is -0.0999. The summed E-state index contributed by atoms with van der Waals surface area (Å²) in [4.78, 5) is 32.2. The number of amides is 2. The molecule has 2 bridgehead atoms. The van der Waals surface area contributed by atoms with Crippen molar-refractivity contribution >= 4 is 23.2 Å². The summed E-state index contributed by atoms with van der Waals surface area (Å²) in [5, 5.41) is 9.70.